The van der Waals surface area contributed by atoms with Gasteiger partial charge in [-0.1, -0.05) is 18.9 Å². The van der Waals surface area contributed by atoms with Crippen molar-refractivity contribution in [3.8, 4) is 0 Å². The Hall–Kier alpha value is -1.84. The number of carbonyl (C=O) groups excluding carboxylic acids is 1. The van der Waals surface area contributed by atoms with E-state index >= 15 is 0 Å². The molecule has 1 aromatic rings. The van der Waals surface area contributed by atoms with Gasteiger partial charge in [0.15, 0.2) is 0 Å². The predicted octanol–water partition coefficient (Wildman–Crippen LogP) is 2.38. The van der Waals surface area contributed by atoms with E-state index in [2.05, 4.69) is 21.8 Å². The summed E-state index contributed by atoms with van der Waals surface area (Å²) in [5.41, 5.74) is 1.66. The second-order valence-corrected chi connectivity index (χ2v) is 4.83. The number of pyridine rings is 1. The smallest absolute Gasteiger partial charge is 0.253 e. The van der Waals surface area contributed by atoms with Gasteiger partial charge in [0, 0.05) is 25.8 Å². The molecule has 1 aliphatic rings. The average molecular weight is 259 g/mol. The lowest BCUT2D eigenvalue weighted by atomic mass is 10.2. The quantitative estimate of drug-likeness (QED) is 0.844. The van der Waals surface area contributed by atoms with E-state index in [1.165, 1.54) is 25.7 Å². The topological polar surface area (TPSA) is 45.2 Å². The Morgan fingerprint density at radius 1 is 1.32 bits per heavy atom. The van der Waals surface area contributed by atoms with Gasteiger partial charge < -0.3 is 10.2 Å². The first-order valence-electron chi connectivity index (χ1n) is 6.90. The minimum Gasteiger partial charge on any atom is -0.370 e. The van der Waals surface area contributed by atoms with Crippen molar-refractivity contribution in [2.45, 2.75) is 25.7 Å². The highest BCUT2D eigenvalue weighted by molar-refractivity contribution is 5.94. The molecule has 0 aromatic carbocycles. The van der Waals surface area contributed by atoms with E-state index in [0.29, 0.717) is 12.1 Å². The lowest BCUT2D eigenvalue weighted by Crippen LogP contribution is -2.26. The molecule has 2 rings (SSSR count). The first-order valence-corrected chi connectivity index (χ1v) is 6.90. The van der Waals surface area contributed by atoms with Gasteiger partial charge in [0.25, 0.3) is 5.91 Å². The summed E-state index contributed by atoms with van der Waals surface area (Å²) >= 11 is 0. The molecule has 0 radical (unpaired) electrons. The summed E-state index contributed by atoms with van der Waals surface area (Å²) in [6.07, 6.45) is 10.1. The molecule has 0 saturated carbocycles. The molecule has 1 aliphatic heterocycles. The van der Waals surface area contributed by atoms with Crippen LogP contribution in [0.15, 0.2) is 31.1 Å². The Kier molecular flexibility index (Phi) is 4.95. The van der Waals surface area contributed by atoms with Crippen LogP contribution in [0.1, 0.15) is 36.0 Å². The molecule has 1 saturated heterocycles. The van der Waals surface area contributed by atoms with Gasteiger partial charge in [-0.25, -0.2) is 0 Å². The van der Waals surface area contributed by atoms with Crippen LogP contribution in [0, 0.1) is 0 Å². The second kappa shape index (κ2) is 6.92. The molecule has 1 N–H and O–H groups in total. The van der Waals surface area contributed by atoms with Crippen molar-refractivity contribution in [2.75, 3.05) is 24.5 Å². The Morgan fingerprint density at radius 3 is 2.74 bits per heavy atom. The highest BCUT2D eigenvalue weighted by Gasteiger charge is 2.12. The van der Waals surface area contributed by atoms with E-state index in [4.69, 9.17) is 0 Å². The third-order valence-corrected chi connectivity index (χ3v) is 3.36. The summed E-state index contributed by atoms with van der Waals surface area (Å²) in [4.78, 5) is 18.4. The lowest BCUT2D eigenvalue weighted by molar-refractivity contribution is 0.0957. The van der Waals surface area contributed by atoms with Crippen LogP contribution in [-0.4, -0.2) is 30.5 Å². The van der Waals surface area contributed by atoms with Gasteiger partial charge in [-0.05, 0) is 18.9 Å². The van der Waals surface area contributed by atoms with Crippen molar-refractivity contribution in [3.63, 3.8) is 0 Å². The number of carbonyl (C=O) groups is 1. The summed E-state index contributed by atoms with van der Waals surface area (Å²) in [6, 6.07) is 1.93. The predicted molar refractivity (Wildman–Crippen MR) is 77.4 cm³/mol. The van der Waals surface area contributed by atoms with Crippen LogP contribution in [0.3, 0.4) is 0 Å². The van der Waals surface area contributed by atoms with E-state index in [1.807, 2.05) is 12.3 Å². The summed E-state index contributed by atoms with van der Waals surface area (Å²) < 4.78 is 0. The molecule has 2 heterocycles. The molecule has 0 spiro atoms. The van der Waals surface area contributed by atoms with Gasteiger partial charge in [0.1, 0.15) is 0 Å². The Morgan fingerprint density at radius 2 is 2.05 bits per heavy atom. The maximum atomic E-state index is 11.9. The normalized spacial score (nSPS) is 15.7. The number of rotatable bonds is 4. The average Bonchev–Trinajstić information content (AvgIpc) is 2.74. The van der Waals surface area contributed by atoms with E-state index < -0.39 is 0 Å². The number of hydrogen-bond donors (Lipinski definition) is 1. The molecule has 0 aliphatic carbocycles. The largest absolute Gasteiger partial charge is 0.370 e. The molecule has 0 bridgehead atoms. The maximum absolute atomic E-state index is 11.9. The fraction of sp³-hybridized carbons (Fsp3) is 0.467. The molecular formula is C15H21N3O. The van der Waals surface area contributed by atoms with Gasteiger partial charge in [-0.3, -0.25) is 9.78 Å². The molecule has 4 heteroatoms. The van der Waals surface area contributed by atoms with E-state index in [9.17, 15) is 4.79 Å². The van der Waals surface area contributed by atoms with Crippen LogP contribution >= 0.6 is 0 Å². The van der Waals surface area contributed by atoms with Gasteiger partial charge >= 0.3 is 0 Å². The van der Waals surface area contributed by atoms with Crippen LogP contribution in [0.5, 0.6) is 0 Å². The molecule has 4 nitrogen and oxygen atoms in total. The zero-order valence-electron chi connectivity index (χ0n) is 11.3. The molecule has 19 heavy (non-hydrogen) atoms. The highest BCUT2D eigenvalue weighted by atomic mass is 16.1. The van der Waals surface area contributed by atoms with Crippen LogP contribution in [-0.2, 0) is 0 Å². The van der Waals surface area contributed by atoms with Gasteiger partial charge in [0.05, 0.1) is 17.4 Å². The second-order valence-electron chi connectivity index (χ2n) is 4.83. The fourth-order valence-corrected chi connectivity index (χ4v) is 2.32. The number of anilines is 1. The number of nitrogens with zero attached hydrogens (tertiary/aromatic N) is 2. The van der Waals surface area contributed by atoms with Gasteiger partial charge in [-0.2, -0.15) is 0 Å². The fourth-order valence-electron chi connectivity index (χ4n) is 2.32. The Balaban J connectivity index is 2.09. The van der Waals surface area contributed by atoms with E-state index in [1.54, 1.807) is 12.3 Å². The van der Waals surface area contributed by atoms with Crippen LogP contribution in [0.2, 0.25) is 0 Å². The van der Waals surface area contributed by atoms with Crippen molar-refractivity contribution < 1.29 is 4.79 Å². The number of aromatic nitrogens is 1. The summed E-state index contributed by atoms with van der Waals surface area (Å²) in [7, 11) is 0. The van der Waals surface area contributed by atoms with E-state index in [0.717, 1.165) is 18.8 Å². The van der Waals surface area contributed by atoms with Gasteiger partial charge in [-0.15, -0.1) is 6.58 Å². The standard InChI is InChI=1S/C15H21N3O/c1-2-7-17-15(19)13-10-14(12-16-11-13)18-8-5-3-4-6-9-18/h2,10-12H,1,3-9H2,(H,17,19). The van der Waals surface area contributed by atoms with Crippen molar-refractivity contribution in [2.24, 2.45) is 0 Å². The summed E-state index contributed by atoms with van der Waals surface area (Å²) in [5, 5.41) is 2.78. The zero-order valence-corrected chi connectivity index (χ0v) is 11.3. The Bertz CT molecular complexity index is 437. The molecular weight excluding hydrogens is 238 g/mol. The van der Waals surface area contributed by atoms with Crippen LogP contribution in [0.4, 0.5) is 5.69 Å². The summed E-state index contributed by atoms with van der Waals surface area (Å²) in [6.45, 7) is 6.18. The van der Waals surface area contributed by atoms with Crippen molar-refractivity contribution in [3.05, 3.63) is 36.7 Å². The van der Waals surface area contributed by atoms with Gasteiger partial charge in [0.2, 0.25) is 0 Å². The first kappa shape index (κ1) is 13.6. The SMILES string of the molecule is C=CCNC(=O)c1cncc(N2CCCCCC2)c1. The van der Waals surface area contributed by atoms with Crippen LogP contribution in [0.25, 0.3) is 0 Å². The molecule has 1 aromatic heterocycles. The van der Waals surface area contributed by atoms with Crippen molar-refractivity contribution in [1.29, 1.82) is 0 Å². The van der Waals surface area contributed by atoms with E-state index in [-0.39, 0.29) is 5.91 Å². The van der Waals surface area contributed by atoms with Crippen molar-refractivity contribution in [1.82, 2.24) is 10.3 Å². The monoisotopic (exact) mass is 259 g/mol. The maximum Gasteiger partial charge on any atom is 0.253 e. The number of hydrogen-bond acceptors (Lipinski definition) is 3. The molecule has 1 fully saturated rings. The summed E-state index contributed by atoms with van der Waals surface area (Å²) in [5.74, 6) is -0.0935. The molecule has 0 atom stereocenters. The third kappa shape index (κ3) is 3.81. The number of amides is 1. The highest BCUT2D eigenvalue weighted by Crippen LogP contribution is 2.19. The Labute approximate surface area is 114 Å². The molecule has 102 valence electrons. The molecule has 1 amide bonds. The number of nitrogens with one attached hydrogen (secondary N) is 1. The van der Waals surface area contributed by atoms with Crippen molar-refractivity contribution >= 4 is 11.6 Å². The van der Waals surface area contributed by atoms with Crippen LogP contribution < -0.4 is 10.2 Å². The molecule has 0 unspecified atom stereocenters. The minimum absolute atomic E-state index is 0.0935. The zero-order chi connectivity index (χ0) is 13.5. The third-order valence-electron chi connectivity index (χ3n) is 3.36. The lowest BCUT2D eigenvalue weighted by Gasteiger charge is -2.22. The first-order chi connectivity index (χ1) is 9.31. The minimum atomic E-state index is -0.0935.